The fraction of sp³-hybridized carbons (Fsp3) is 0.758. The van der Waals surface area contributed by atoms with Crippen LogP contribution in [0.4, 0.5) is 0 Å². The van der Waals surface area contributed by atoms with Gasteiger partial charge in [-0.15, -0.1) is 0 Å². The molecule has 40 heavy (non-hydrogen) atoms. The van der Waals surface area contributed by atoms with Crippen molar-refractivity contribution in [3.05, 3.63) is 35.9 Å². The molecule has 0 aliphatic carbocycles. The van der Waals surface area contributed by atoms with Gasteiger partial charge in [-0.2, -0.15) is 0 Å². The Kier molecular flexibility index (Phi) is 11.8. The van der Waals surface area contributed by atoms with E-state index in [4.69, 9.17) is 23.7 Å². The zero-order chi connectivity index (χ0) is 29.3. The van der Waals surface area contributed by atoms with Crippen LogP contribution in [0.5, 0.6) is 0 Å². The predicted octanol–water partition coefficient (Wildman–Crippen LogP) is 7.08. The predicted molar refractivity (Wildman–Crippen MR) is 155 cm³/mol. The van der Waals surface area contributed by atoms with Crippen LogP contribution in [0.3, 0.4) is 0 Å². The molecule has 0 amide bonds. The number of fused-ring (bicyclic) bond motifs is 1. The zero-order valence-corrected chi connectivity index (χ0v) is 25.7. The summed E-state index contributed by atoms with van der Waals surface area (Å²) >= 11 is 0. The van der Waals surface area contributed by atoms with E-state index >= 15 is 0 Å². The van der Waals surface area contributed by atoms with Crippen LogP contribution in [0.2, 0.25) is 0 Å². The Morgan fingerprint density at radius 1 is 0.975 bits per heavy atom. The van der Waals surface area contributed by atoms with Gasteiger partial charge in [-0.25, -0.2) is 4.79 Å². The summed E-state index contributed by atoms with van der Waals surface area (Å²) in [6.07, 6.45) is 11.1. The number of benzene rings is 1. The summed E-state index contributed by atoms with van der Waals surface area (Å²) in [6, 6.07) is 9.66. The zero-order valence-electron chi connectivity index (χ0n) is 25.7. The number of esters is 1. The lowest BCUT2D eigenvalue weighted by Gasteiger charge is -2.52. The molecule has 0 N–H and O–H groups in total. The maximum atomic E-state index is 14.2. The minimum atomic E-state index is -1.67. The third-order valence-corrected chi connectivity index (χ3v) is 7.84. The van der Waals surface area contributed by atoms with E-state index in [-0.39, 0.29) is 13.2 Å². The third kappa shape index (κ3) is 8.15. The van der Waals surface area contributed by atoms with Crippen molar-refractivity contribution in [3.63, 3.8) is 0 Å². The van der Waals surface area contributed by atoms with Gasteiger partial charge in [0.15, 0.2) is 12.1 Å². The lowest BCUT2D eigenvalue weighted by Crippen LogP contribution is -2.72. The van der Waals surface area contributed by atoms with Crippen LogP contribution < -0.4 is 0 Å². The standard InChI is InChI=1S/C33H52O7/c1-7-8-9-10-11-12-13-14-15-19-22-32-25-37-31(5,6)40-33(32,29(35)39-30(2,3)4)28(27(23-34)38-32)36-24-26-20-17-16-18-21-26/h16-18,20-21,23,27-28H,7-15,19,22,24-25H2,1-6H3/t27-,28-,32+,33-/m1/s1. The van der Waals surface area contributed by atoms with Crippen molar-refractivity contribution in [3.8, 4) is 0 Å². The van der Waals surface area contributed by atoms with Crippen LogP contribution in [0.1, 0.15) is 118 Å². The second-order valence-electron chi connectivity index (χ2n) is 12.9. The van der Waals surface area contributed by atoms with E-state index in [1.54, 1.807) is 13.8 Å². The Balaban J connectivity index is 1.82. The minimum Gasteiger partial charge on any atom is -0.458 e. The first-order valence-electron chi connectivity index (χ1n) is 15.3. The van der Waals surface area contributed by atoms with Crippen molar-refractivity contribution in [1.82, 2.24) is 0 Å². The molecule has 2 aliphatic heterocycles. The summed E-state index contributed by atoms with van der Waals surface area (Å²) in [4.78, 5) is 26.6. The van der Waals surface area contributed by atoms with Crippen molar-refractivity contribution < 1.29 is 33.3 Å². The smallest absolute Gasteiger partial charge is 0.345 e. The molecule has 2 heterocycles. The number of hydrogen-bond donors (Lipinski definition) is 0. The average Bonchev–Trinajstić information content (AvgIpc) is 3.17. The minimum absolute atomic E-state index is 0.103. The largest absolute Gasteiger partial charge is 0.458 e. The van der Waals surface area contributed by atoms with E-state index in [1.165, 1.54) is 44.9 Å². The van der Waals surface area contributed by atoms with Crippen LogP contribution in [0, 0.1) is 0 Å². The fourth-order valence-corrected chi connectivity index (χ4v) is 5.88. The normalized spacial score (nSPS) is 27.8. The van der Waals surface area contributed by atoms with E-state index < -0.39 is 40.8 Å². The second-order valence-corrected chi connectivity index (χ2v) is 12.9. The number of ether oxygens (including phenoxy) is 5. The maximum Gasteiger partial charge on any atom is 0.345 e. The molecule has 7 heteroatoms. The van der Waals surface area contributed by atoms with Crippen LogP contribution >= 0.6 is 0 Å². The molecule has 2 aliphatic rings. The molecule has 0 spiro atoms. The molecule has 4 atom stereocenters. The molecule has 1 aromatic rings. The highest BCUT2D eigenvalue weighted by molar-refractivity contribution is 5.85. The summed E-state index contributed by atoms with van der Waals surface area (Å²) in [5.74, 6) is -1.68. The van der Waals surface area contributed by atoms with E-state index in [0.29, 0.717) is 6.42 Å². The Morgan fingerprint density at radius 3 is 2.15 bits per heavy atom. The second kappa shape index (κ2) is 14.4. The summed E-state index contributed by atoms with van der Waals surface area (Å²) in [7, 11) is 0. The third-order valence-electron chi connectivity index (χ3n) is 7.84. The van der Waals surface area contributed by atoms with E-state index in [1.807, 2.05) is 51.1 Å². The van der Waals surface area contributed by atoms with E-state index in [2.05, 4.69) is 6.92 Å². The summed E-state index contributed by atoms with van der Waals surface area (Å²) in [6.45, 7) is 11.5. The molecule has 0 bridgehead atoms. The highest BCUT2D eigenvalue weighted by Crippen LogP contribution is 2.53. The number of hydrogen-bond acceptors (Lipinski definition) is 7. The fourth-order valence-electron chi connectivity index (χ4n) is 5.88. The topological polar surface area (TPSA) is 80.3 Å². The van der Waals surface area contributed by atoms with Gasteiger partial charge in [0.25, 0.3) is 0 Å². The average molecular weight is 561 g/mol. The van der Waals surface area contributed by atoms with E-state index in [9.17, 15) is 9.59 Å². The number of rotatable bonds is 16. The number of carbonyl (C=O) groups excluding carboxylic acids is 2. The molecule has 1 aromatic carbocycles. The van der Waals surface area contributed by atoms with Crippen molar-refractivity contribution in [2.24, 2.45) is 0 Å². The van der Waals surface area contributed by atoms with Gasteiger partial charge in [-0.3, -0.25) is 0 Å². The number of aldehydes is 1. The highest BCUT2D eigenvalue weighted by Gasteiger charge is 2.76. The SMILES string of the molecule is CCCCCCCCCCCC[C@]12COC(C)(C)O[C@@]1(C(=O)OC(C)(C)C)[C@H](OCc1ccccc1)[C@@H](C=O)O2. The molecule has 2 saturated heterocycles. The molecule has 0 unspecified atom stereocenters. The monoisotopic (exact) mass is 560 g/mol. The van der Waals surface area contributed by atoms with Gasteiger partial charge in [0.05, 0.1) is 13.2 Å². The van der Waals surface area contributed by atoms with Gasteiger partial charge in [0.1, 0.15) is 23.4 Å². The quantitative estimate of drug-likeness (QED) is 0.121. The van der Waals surface area contributed by atoms with Gasteiger partial charge in [0, 0.05) is 0 Å². The van der Waals surface area contributed by atoms with Gasteiger partial charge in [-0.05, 0) is 46.6 Å². The number of carbonyl (C=O) groups is 2. The molecule has 3 rings (SSSR count). The molecule has 0 aromatic heterocycles. The van der Waals surface area contributed by atoms with Gasteiger partial charge < -0.3 is 28.5 Å². The molecular weight excluding hydrogens is 508 g/mol. The van der Waals surface area contributed by atoms with Crippen LogP contribution in [0.15, 0.2) is 30.3 Å². The Labute approximate surface area is 241 Å². The van der Waals surface area contributed by atoms with Crippen LogP contribution in [-0.2, 0) is 39.9 Å². The summed E-state index contributed by atoms with van der Waals surface area (Å²) in [5.41, 5.74) is -2.73. The van der Waals surface area contributed by atoms with Crippen molar-refractivity contribution >= 4 is 12.3 Å². The van der Waals surface area contributed by atoms with Gasteiger partial charge in [0.2, 0.25) is 5.60 Å². The first-order valence-corrected chi connectivity index (χ1v) is 15.3. The van der Waals surface area contributed by atoms with Crippen molar-refractivity contribution in [2.75, 3.05) is 6.61 Å². The molecule has 0 saturated carbocycles. The maximum absolute atomic E-state index is 14.2. The molecule has 0 radical (unpaired) electrons. The Morgan fingerprint density at radius 2 is 1.57 bits per heavy atom. The first-order chi connectivity index (χ1) is 19.0. The molecular formula is C33H52O7. The Hall–Kier alpha value is -1.80. The van der Waals surface area contributed by atoms with E-state index in [0.717, 1.165) is 31.1 Å². The highest BCUT2D eigenvalue weighted by atomic mass is 16.8. The van der Waals surface area contributed by atoms with Gasteiger partial charge >= 0.3 is 5.97 Å². The molecule has 2 fully saturated rings. The van der Waals surface area contributed by atoms with Crippen molar-refractivity contribution in [2.45, 2.75) is 154 Å². The lowest BCUT2D eigenvalue weighted by atomic mass is 9.75. The molecule has 226 valence electrons. The summed E-state index contributed by atoms with van der Waals surface area (Å²) < 4.78 is 31.5. The Bertz CT molecular complexity index is 924. The van der Waals surface area contributed by atoms with Crippen LogP contribution in [0.25, 0.3) is 0 Å². The lowest BCUT2D eigenvalue weighted by molar-refractivity contribution is -0.365. The van der Waals surface area contributed by atoms with Crippen LogP contribution in [-0.4, -0.2) is 53.7 Å². The van der Waals surface area contributed by atoms with Crippen molar-refractivity contribution in [1.29, 1.82) is 0 Å². The first kappa shape index (κ1) is 32.7. The summed E-state index contributed by atoms with van der Waals surface area (Å²) in [5, 5.41) is 0. The number of unbranched alkanes of at least 4 members (excludes halogenated alkanes) is 9. The van der Waals surface area contributed by atoms with Gasteiger partial charge in [-0.1, -0.05) is 101 Å². The molecule has 7 nitrogen and oxygen atoms in total.